The van der Waals surface area contributed by atoms with Crippen molar-refractivity contribution in [3.05, 3.63) is 64.1 Å². The maximum atomic E-state index is 11.5. The summed E-state index contributed by atoms with van der Waals surface area (Å²) >= 11 is 3.49. The van der Waals surface area contributed by atoms with E-state index >= 15 is 0 Å². The molecule has 5 heteroatoms. The van der Waals surface area contributed by atoms with Crippen LogP contribution in [0, 0.1) is 5.92 Å². The summed E-state index contributed by atoms with van der Waals surface area (Å²) in [5, 5.41) is 9.43. The van der Waals surface area contributed by atoms with Gasteiger partial charge >= 0.3 is 5.97 Å². The van der Waals surface area contributed by atoms with Crippen LogP contribution in [-0.2, 0) is 4.79 Å². The molecule has 0 aromatic heterocycles. The van der Waals surface area contributed by atoms with Crippen molar-refractivity contribution in [3.8, 4) is 5.75 Å². The Hall–Kier alpha value is -1.85. The van der Waals surface area contributed by atoms with Crippen LogP contribution >= 0.6 is 15.9 Å². The van der Waals surface area contributed by atoms with Gasteiger partial charge in [-0.3, -0.25) is 9.69 Å². The predicted octanol–water partition coefficient (Wildman–Crippen LogP) is 4.34. The van der Waals surface area contributed by atoms with Crippen molar-refractivity contribution in [1.82, 2.24) is 4.90 Å². The van der Waals surface area contributed by atoms with Crippen molar-refractivity contribution in [2.24, 2.45) is 5.92 Å². The van der Waals surface area contributed by atoms with E-state index in [1.54, 1.807) is 7.11 Å². The number of nitrogens with zero attached hydrogens (tertiary/aromatic N) is 1. The molecule has 3 rings (SSSR count). The van der Waals surface area contributed by atoms with Gasteiger partial charge in [-0.05, 0) is 54.8 Å². The van der Waals surface area contributed by atoms with Gasteiger partial charge in [-0.25, -0.2) is 0 Å². The molecule has 0 radical (unpaired) electrons. The molecule has 1 heterocycles. The molecule has 4 nitrogen and oxygen atoms in total. The Morgan fingerprint density at radius 1 is 1.16 bits per heavy atom. The van der Waals surface area contributed by atoms with E-state index in [-0.39, 0.29) is 12.0 Å². The molecule has 2 atom stereocenters. The molecule has 0 saturated carbocycles. The minimum absolute atomic E-state index is 0.0427. The van der Waals surface area contributed by atoms with Gasteiger partial charge in [-0.2, -0.15) is 0 Å². The average Bonchev–Trinajstić information content (AvgIpc) is 2.64. The lowest BCUT2D eigenvalue weighted by Gasteiger charge is -2.37. The number of aliphatic carboxylic acids is 1. The molecule has 25 heavy (non-hydrogen) atoms. The molecular weight excluding hydrogens is 382 g/mol. The molecule has 132 valence electrons. The molecule has 1 aliphatic heterocycles. The second kappa shape index (κ2) is 8.02. The number of piperidine rings is 1. The van der Waals surface area contributed by atoms with Gasteiger partial charge in [0.05, 0.1) is 19.1 Å². The van der Waals surface area contributed by atoms with Crippen LogP contribution in [0.4, 0.5) is 0 Å². The number of benzene rings is 2. The van der Waals surface area contributed by atoms with Crippen LogP contribution < -0.4 is 4.74 Å². The van der Waals surface area contributed by atoms with E-state index in [1.165, 1.54) is 5.56 Å². The van der Waals surface area contributed by atoms with Gasteiger partial charge in [0, 0.05) is 11.0 Å². The SMILES string of the molecule is COc1ccc(C(c2ccc(Br)cc2)N2CCCC(C(=O)O)C2)cc1. The van der Waals surface area contributed by atoms with Crippen molar-refractivity contribution in [2.45, 2.75) is 18.9 Å². The first-order valence-electron chi connectivity index (χ1n) is 8.44. The number of rotatable bonds is 5. The van der Waals surface area contributed by atoms with E-state index in [0.717, 1.165) is 35.2 Å². The number of hydrogen-bond donors (Lipinski definition) is 1. The number of carboxylic acid groups (broad SMARTS) is 1. The third-order valence-corrected chi connectivity index (χ3v) is 5.31. The highest BCUT2D eigenvalue weighted by Gasteiger charge is 2.31. The van der Waals surface area contributed by atoms with Crippen LogP contribution in [0.3, 0.4) is 0 Å². The second-order valence-corrected chi connectivity index (χ2v) is 7.32. The molecule has 1 fully saturated rings. The first-order chi connectivity index (χ1) is 12.1. The van der Waals surface area contributed by atoms with Gasteiger partial charge in [0.25, 0.3) is 0 Å². The van der Waals surface area contributed by atoms with Crippen molar-refractivity contribution < 1.29 is 14.6 Å². The van der Waals surface area contributed by atoms with E-state index in [4.69, 9.17) is 4.74 Å². The Labute approximate surface area is 156 Å². The molecule has 0 amide bonds. The number of carboxylic acids is 1. The molecule has 0 bridgehead atoms. The first-order valence-corrected chi connectivity index (χ1v) is 9.24. The zero-order valence-electron chi connectivity index (χ0n) is 14.2. The fraction of sp³-hybridized carbons (Fsp3) is 0.350. The maximum absolute atomic E-state index is 11.5. The molecule has 1 aliphatic rings. The summed E-state index contributed by atoms with van der Waals surface area (Å²) in [5.41, 5.74) is 2.31. The maximum Gasteiger partial charge on any atom is 0.307 e. The van der Waals surface area contributed by atoms with Crippen molar-refractivity contribution in [2.75, 3.05) is 20.2 Å². The van der Waals surface area contributed by atoms with Crippen LogP contribution in [0.15, 0.2) is 53.0 Å². The second-order valence-electron chi connectivity index (χ2n) is 6.40. The molecular formula is C20H22BrNO3. The van der Waals surface area contributed by atoms with E-state index in [0.29, 0.717) is 6.54 Å². The zero-order valence-corrected chi connectivity index (χ0v) is 15.8. The predicted molar refractivity (Wildman–Crippen MR) is 101 cm³/mol. The van der Waals surface area contributed by atoms with E-state index in [9.17, 15) is 9.90 Å². The highest BCUT2D eigenvalue weighted by Crippen LogP contribution is 2.34. The number of halogens is 1. The quantitative estimate of drug-likeness (QED) is 0.806. The number of ether oxygens (including phenoxy) is 1. The van der Waals surface area contributed by atoms with Gasteiger partial charge in [0.15, 0.2) is 0 Å². The van der Waals surface area contributed by atoms with E-state index in [1.807, 2.05) is 24.3 Å². The fourth-order valence-electron chi connectivity index (χ4n) is 3.49. The summed E-state index contributed by atoms with van der Waals surface area (Å²) in [5.74, 6) is -0.181. The Morgan fingerprint density at radius 2 is 1.76 bits per heavy atom. The summed E-state index contributed by atoms with van der Waals surface area (Å²) < 4.78 is 6.30. The summed E-state index contributed by atoms with van der Waals surface area (Å²) in [7, 11) is 1.66. The molecule has 2 aromatic rings. The third-order valence-electron chi connectivity index (χ3n) is 4.78. The van der Waals surface area contributed by atoms with Gasteiger partial charge in [0.2, 0.25) is 0 Å². The summed E-state index contributed by atoms with van der Waals surface area (Å²) in [4.78, 5) is 13.8. The number of hydrogen-bond acceptors (Lipinski definition) is 3. The third kappa shape index (κ3) is 4.22. The molecule has 1 saturated heterocycles. The van der Waals surface area contributed by atoms with Crippen molar-refractivity contribution in [3.63, 3.8) is 0 Å². The average molecular weight is 404 g/mol. The van der Waals surface area contributed by atoms with Crippen LogP contribution in [0.1, 0.15) is 30.0 Å². The largest absolute Gasteiger partial charge is 0.497 e. The van der Waals surface area contributed by atoms with Crippen LogP contribution in [-0.4, -0.2) is 36.2 Å². The smallest absolute Gasteiger partial charge is 0.307 e. The van der Waals surface area contributed by atoms with Gasteiger partial charge in [-0.15, -0.1) is 0 Å². The lowest BCUT2D eigenvalue weighted by atomic mass is 9.91. The Balaban J connectivity index is 1.95. The number of methoxy groups -OCH3 is 1. The van der Waals surface area contributed by atoms with Crippen LogP contribution in [0.5, 0.6) is 5.75 Å². The number of carbonyl (C=O) groups is 1. The summed E-state index contributed by atoms with van der Waals surface area (Å²) in [6.45, 7) is 1.47. The minimum atomic E-state index is -0.700. The number of likely N-dealkylation sites (tertiary alicyclic amines) is 1. The fourth-order valence-corrected chi connectivity index (χ4v) is 3.75. The van der Waals surface area contributed by atoms with Gasteiger partial charge < -0.3 is 9.84 Å². The van der Waals surface area contributed by atoms with Crippen LogP contribution in [0.2, 0.25) is 0 Å². The summed E-state index contributed by atoms with van der Waals surface area (Å²) in [6, 6.07) is 16.4. The Morgan fingerprint density at radius 3 is 2.32 bits per heavy atom. The molecule has 0 aliphatic carbocycles. The zero-order chi connectivity index (χ0) is 17.8. The molecule has 2 unspecified atom stereocenters. The van der Waals surface area contributed by atoms with E-state index in [2.05, 4.69) is 45.1 Å². The Kier molecular flexibility index (Phi) is 5.76. The standard InChI is InChI=1S/C20H22BrNO3/c1-25-18-10-6-15(7-11-18)19(14-4-8-17(21)9-5-14)22-12-2-3-16(13-22)20(23)24/h4-11,16,19H,2-3,12-13H2,1H3,(H,23,24). The normalized spacial score (nSPS) is 19.4. The summed E-state index contributed by atoms with van der Waals surface area (Å²) in [6.07, 6.45) is 1.65. The molecule has 1 N–H and O–H groups in total. The monoisotopic (exact) mass is 403 g/mol. The lowest BCUT2D eigenvalue weighted by molar-refractivity contribution is -0.143. The van der Waals surface area contributed by atoms with E-state index < -0.39 is 5.97 Å². The Bertz CT molecular complexity index is 715. The topological polar surface area (TPSA) is 49.8 Å². The van der Waals surface area contributed by atoms with Crippen LogP contribution in [0.25, 0.3) is 0 Å². The van der Waals surface area contributed by atoms with Crippen molar-refractivity contribution in [1.29, 1.82) is 0 Å². The van der Waals surface area contributed by atoms with Gasteiger partial charge in [0.1, 0.15) is 5.75 Å². The van der Waals surface area contributed by atoms with Crippen molar-refractivity contribution >= 4 is 21.9 Å². The lowest BCUT2D eigenvalue weighted by Crippen LogP contribution is -2.41. The minimum Gasteiger partial charge on any atom is -0.497 e. The molecule has 2 aromatic carbocycles. The highest BCUT2D eigenvalue weighted by atomic mass is 79.9. The first kappa shape index (κ1) is 18.0. The highest BCUT2D eigenvalue weighted by molar-refractivity contribution is 9.10. The van der Waals surface area contributed by atoms with Gasteiger partial charge in [-0.1, -0.05) is 40.2 Å². The molecule has 0 spiro atoms.